The highest BCUT2D eigenvalue weighted by molar-refractivity contribution is 5.12. The topological polar surface area (TPSA) is 25.8 Å². The van der Waals surface area contributed by atoms with Crippen molar-refractivity contribution < 1.29 is 13.2 Å². The Balaban J connectivity index is 0.000000921. The summed E-state index contributed by atoms with van der Waals surface area (Å²) in [6.45, 7) is 7.24. The van der Waals surface area contributed by atoms with E-state index in [9.17, 15) is 13.2 Å². The molecule has 1 aromatic heterocycles. The van der Waals surface area contributed by atoms with Crippen molar-refractivity contribution >= 4 is 0 Å². The van der Waals surface area contributed by atoms with Gasteiger partial charge < -0.3 is 0 Å². The molecule has 2 nitrogen and oxygen atoms in total. The average Bonchev–Trinajstić information content (AvgIpc) is 2.18. The molecule has 0 aliphatic rings. The van der Waals surface area contributed by atoms with Crippen LogP contribution in [0.5, 0.6) is 0 Å². The number of rotatable bonds is 1. The van der Waals surface area contributed by atoms with E-state index in [-0.39, 0.29) is 5.82 Å². The summed E-state index contributed by atoms with van der Waals surface area (Å²) in [6.07, 6.45) is -3.97. The van der Waals surface area contributed by atoms with Crippen molar-refractivity contribution in [2.24, 2.45) is 0 Å². The molecule has 5 heteroatoms. The molecule has 0 fully saturated rings. The molecule has 0 radical (unpaired) electrons. The predicted octanol–water partition coefficient (Wildman–Crippen LogP) is 3.39. The third-order valence-electron chi connectivity index (χ3n) is 1.51. The summed E-state index contributed by atoms with van der Waals surface area (Å²) in [5.41, 5.74) is -0.518. The van der Waals surface area contributed by atoms with Gasteiger partial charge in [0.05, 0.1) is 0 Å². The van der Waals surface area contributed by atoms with Crippen LogP contribution >= 0.6 is 0 Å². The van der Waals surface area contributed by atoms with Crippen LogP contribution in [0.15, 0.2) is 6.07 Å². The number of aryl methyl sites for hydroxylation is 2. The van der Waals surface area contributed by atoms with Crippen LogP contribution in [0.3, 0.4) is 0 Å². The molecule has 0 amide bonds. The Kier molecular flexibility index (Phi) is 5.25. The van der Waals surface area contributed by atoms with Gasteiger partial charge in [-0.15, -0.1) is 0 Å². The van der Waals surface area contributed by atoms with E-state index >= 15 is 0 Å². The van der Waals surface area contributed by atoms with Gasteiger partial charge in [0.25, 0.3) is 0 Å². The third-order valence-corrected chi connectivity index (χ3v) is 1.51. The Morgan fingerprint density at radius 2 is 1.73 bits per heavy atom. The molecule has 0 aliphatic heterocycles. The van der Waals surface area contributed by atoms with Crippen LogP contribution in [0.1, 0.15) is 38.0 Å². The average molecular weight is 220 g/mol. The molecule has 0 N–H and O–H groups in total. The Bertz CT molecular complexity index is 308. The SMILES string of the molecule is CC.CCc1nc(C)cc(C(F)(F)F)n1. The Morgan fingerprint density at radius 3 is 2.13 bits per heavy atom. The summed E-state index contributed by atoms with van der Waals surface area (Å²) < 4.78 is 36.6. The fourth-order valence-corrected chi connectivity index (χ4v) is 0.933. The molecule has 0 atom stereocenters. The first kappa shape index (κ1) is 13.9. The molecule has 1 heterocycles. The van der Waals surface area contributed by atoms with E-state index in [0.29, 0.717) is 12.1 Å². The van der Waals surface area contributed by atoms with Crippen LogP contribution < -0.4 is 0 Å². The van der Waals surface area contributed by atoms with Gasteiger partial charge in [0, 0.05) is 12.1 Å². The van der Waals surface area contributed by atoms with Gasteiger partial charge in [-0.3, -0.25) is 0 Å². The van der Waals surface area contributed by atoms with E-state index in [1.165, 1.54) is 6.92 Å². The van der Waals surface area contributed by atoms with E-state index in [0.717, 1.165) is 6.07 Å². The zero-order valence-electron chi connectivity index (χ0n) is 9.31. The van der Waals surface area contributed by atoms with Gasteiger partial charge in [0.15, 0.2) is 0 Å². The minimum Gasteiger partial charge on any atom is -0.238 e. The van der Waals surface area contributed by atoms with Crippen molar-refractivity contribution in [3.63, 3.8) is 0 Å². The molecule has 86 valence electrons. The lowest BCUT2D eigenvalue weighted by atomic mass is 10.3. The molecule has 1 aromatic rings. The molecule has 0 unspecified atom stereocenters. The zero-order chi connectivity index (χ0) is 12.1. The maximum atomic E-state index is 12.2. The van der Waals surface area contributed by atoms with Crippen molar-refractivity contribution in [2.75, 3.05) is 0 Å². The molecular weight excluding hydrogens is 205 g/mol. The van der Waals surface area contributed by atoms with Crippen LogP contribution in [0.4, 0.5) is 13.2 Å². The first-order valence-electron chi connectivity index (χ1n) is 4.85. The van der Waals surface area contributed by atoms with Gasteiger partial charge in [-0.05, 0) is 13.0 Å². The van der Waals surface area contributed by atoms with E-state index in [4.69, 9.17) is 0 Å². The van der Waals surface area contributed by atoms with Crippen molar-refractivity contribution in [3.05, 3.63) is 23.3 Å². The van der Waals surface area contributed by atoms with Crippen LogP contribution in [0, 0.1) is 6.92 Å². The van der Waals surface area contributed by atoms with E-state index in [2.05, 4.69) is 9.97 Å². The summed E-state index contributed by atoms with van der Waals surface area (Å²) in [4.78, 5) is 7.24. The lowest BCUT2D eigenvalue weighted by molar-refractivity contribution is -0.141. The molecule has 15 heavy (non-hydrogen) atoms. The van der Waals surface area contributed by atoms with Gasteiger partial charge in [-0.2, -0.15) is 13.2 Å². The van der Waals surface area contributed by atoms with Crippen LogP contribution in [-0.2, 0) is 12.6 Å². The summed E-state index contributed by atoms with van der Waals surface area (Å²) in [5, 5.41) is 0. The number of hydrogen-bond donors (Lipinski definition) is 0. The zero-order valence-corrected chi connectivity index (χ0v) is 9.31. The van der Waals surface area contributed by atoms with Crippen molar-refractivity contribution in [1.82, 2.24) is 9.97 Å². The number of nitrogens with zero attached hydrogens (tertiary/aromatic N) is 2. The Labute approximate surface area is 87.6 Å². The quantitative estimate of drug-likeness (QED) is 0.725. The number of alkyl halides is 3. The first-order chi connectivity index (χ1) is 6.93. The first-order valence-corrected chi connectivity index (χ1v) is 4.85. The molecule has 0 saturated heterocycles. The van der Waals surface area contributed by atoms with Gasteiger partial charge in [0.2, 0.25) is 0 Å². The molecule has 1 rings (SSSR count). The lowest BCUT2D eigenvalue weighted by Crippen LogP contribution is -2.11. The number of halogens is 3. The molecule has 0 spiro atoms. The minimum atomic E-state index is -4.38. The second kappa shape index (κ2) is 5.68. The van der Waals surface area contributed by atoms with Crippen LogP contribution in [-0.4, -0.2) is 9.97 Å². The molecule has 0 bridgehead atoms. The van der Waals surface area contributed by atoms with Gasteiger partial charge in [-0.1, -0.05) is 20.8 Å². The predicted molar refractivity (Wildman–Crippen MR) is 52.5 cm³/mol. The van der Waals surface area contributed by atoms with Crippen LogP contribution in [0.2, 0.25) is 0 Å². The van der Waals surface area contributed by atoms with Crippen molar-refractivity contribution in [2.45, 2.75) is 40.3 Å². The van der Waals surface area contributed by atoms with E-state index < -0.39 is 11.9 Å². The summed E-state index contributed by atoms with van der Waals surface area (Å²) in [5.74, 6) is 0.229. The highest BCUT2D eigenvalue weighted by atomic mass is 19.4. The number of hydrogen-bond acceptors (Lipinski definition) is 2. The van der Waals surface area contributed by atoms with Gasteiger partial charge >= 0.3 is 6.18 Å². The molecule has 0 saturated carbocycles. The fraction of sp³-hybridized carbons (Fsp3) is 0.600. The highest BCUT2D eigenvalue weighted by Crippen LogP contribution is 2.27. The maximum absolute atomic E-state index is 12.2. The lowest BCUT2D eigenvalue weighted by Gasteiger charge is -2.07. The monoisotopic (exact) mass is 220 g/mol. The van der Waals surface area contributed by atoms with Crippen molar-refractivity contribution in [1.29, 1.82) is 0 Å². The standard InChI is InChI=1S/C8H9F3N2.C2H6/c1-3-7-12-5(2)4-6(13-7)8(9,10)11;1-2/h4H,3H2,1-2H3;1-2H3. The molecule has 0 aromatic carbocycles. The fourth-order valence-electron chi connectivity index (χ4n) is 0.933. The third kappa shape index (κ3) is 4.27. The second-order valence-corrected chi connectivity index (χ2v) is 2.66. The Morgan fingerprint density at radius 1 is 1.20 bits per heavy atom. The Hall–Kier alpha value is -1.13. The maximum Gasteiger partial charge on any atom is 0.433 e. The smallest absolute Gasteiger partial charge is 0.238 e. The van der Waals surface area contributed by atoms with E-state index in [1.807, 2.05) is 13.8 Å². The van der Waals surface area contributed by atoms with E-state index in [1.54, 1.807) is 6.92 Å². The number of aromatic nitrogens is 2. The normalized spacial score (nSPS) is 10.6. The summed E-state index contributed by atoms with van der Waals surface area (Å²) in [7, 11) is 0. The van der Waals surface area contributed by atoms with Gasteiger partial charge in [-0.25, -0.2) is 9.97 Å². The second-order valence-electron chi connectivity index (χ2n) is 2.66. The van der Waals surface area contributed by atoms with Crippen LogP contribution in [0.25, 0.3) is 0 Å². The van der Waals surface area contributed by atoms with Gasteiger partial charge in [0.1, 0.15) is 11.5 Å². The molecular formula is C10H15F3N2. The van der Waals surface area contributed by atoms with Crippen molar-refractivity contribution in [3.8, 4) is 0 Å². The molecule has 0 aliphatic carbocycles. The minimum absolute atomic E-state index is 0.229. The summed E-state index contributed by atoms with van der Waals surface area (Å²) >= 11 is 0. The highest BCUT2D eigenvalue weighted by Gasteiger charge is 2.33. The largest absolute Gasteiger partial charge is 0.433 e. The summed E-state index contributed by atoms with van der Waals surface area (Å²) in [6, 6.07) is 0.944.